The number of ether oxygens (including phenoxy) is 1. The van der Waals surface area contributed by atoms with Crippen LogP contribution < -0.4 is 0 Å². The maximum atomic E-state index is 12.7. The number of morpholine rings is 1. The van der Waals surface area contributed by atoms with Gasteiger partial charge in [0.05, 0.1) is 13.2 Å². The molecule has 25 heavy (non-hydrogen) atoms. The highest BCUT2D eigenvalue weighted by atomic mass is 35.5. The Morgan fingerprint density at radius 3 is 2.72 bits per heavy atom. The lowest BCUT2D eigenvalue weighted by Gasteiger charge is -2.31. The van der Waals surface area contributed by atoms with Crippen LogP contribution in [0.2, 0.25) is 5.02 Å². The summed E-state index contributed by atoms with van der Waals surface area (Å²) in [5.74, 6) is 0.831. The summed E-state index contributed by atoms with van der Waals surface area (Å²) in [5.41, 5.74) is 0.800. The minimum absolute atomic E-state index is 0.0885. The average Bonchev–Trinajstić information content (AvgIpc) is 3.11. The number of aromatic nitrogens is 2. The highest BCUT2D eigenvalue weighted by Gasteiger charge is 2.24. The Hall–Kier alpha value is -2.38. The van der Waals surface area contributed by atoms with Crippen molar-refractivity contribution in [2.24, 2.45) is 0 Å². The van der Waals surface area contributed by atoms with Gasteiger partial charge < -0.3 is 19.1 Å². The SMILES string of the molecule is C=CCN(Cc1nc(-c2ccc(Cl)cc2)no1)C(=O)N1CCOCC1. The second-order valence-corrected chi connectivity index (χ2v) is 6.01. The predicted octanol–water partition coefficient (Wildman–Crippen LogP) is 2.83. The first-order valence-corrected chi connectivity index (χ1v) is 8.36. The molecule has 2 aromatic rings. The smallest absolute Gasteiger partial charge is 0.320 e. The number of urea groups is 1. The van der Waals surface area contributed by atoms with Gasteiger partial charge in [0.1, 0.15) is 6.54 Å². The van der Waals surface area contributed by atoms with Crippen LogP contribution in [0.5, 0.6) is 0 Å². The predicted molar refractivity (Wildman–Crippen MR) is 93.1 cm³/mol. The van der Waals surface area contributed by atoms with Gasteiger partial charge in [-0.05, 0) is 24.3 Å². The van der Waals surface area contributed by atoms with Crippen LogP contribution in [0.1, 0.15) is 5.89 Å². The Bertz CT molecular complexity index is 726. The Labute approximate surface area is 150 Å². The molecule has 2 amide bonds. The number of halogens is 1. The quantitative estimate of drug-likeness (QED) is 0.765. The van der Waals surface area contributed by atoms with Crippen molar-refractivity contribution in [2.75, 3.05) is 32.8 Å². The van der Waals surface area contributed by atoms with Gasteiger partial charge in [0, 0.05) is 30.2 Å². The molecule has 1 saturated heterocycles. The summed E-state index contributed by atoms with van der Waals surface area (Å²) in [7, 11) is 0. The van der Waals surface area contributed by atoms with E-state index in [1.807, 2.05) is 12.1 Å². The Morgan fingerprint density at radius 2 is 2.04 bits per heavy atom. The first kappa shape index (κ1) is 17.4. The van der Waals surface area contributed by atoms with Gasteiger partial charge in [-0.1, -0.05) is 22.8 Å². The second-order valence-electron chi connectivity index (χ2n) is 5.57. The summed E-state index contributed by atoms with van der Waals surface area (Å²) in [6.45, 7) is 6.59. The van der Waals surface area contributed by atoms with Crippen molar-refractivity contribution in [3.63, 3.8) is 0 Å². The van der Waals surface area contributed by atoms with Crippen molar-refractivity contribution in [2.45, 2.75) is 6.54 Å². The molecule has 0 aliphatic carbocycles. The lowest BCUT2D eigenvalue weighted by molar-refractivity contribution is 0.0428. The van der Waals surface area contributed by atoms with Crippen LogP contribution in [0.15, 0.2) is 41.4 Å². The molecular weight excluding hydrogens is 344 g/mol. The number of rotatable bonds is 5. The van der Waals surface area contributed by atoms with Crippen LogP contribution in [-0.2, 0) is 11.3 Å². The summed E-state index contributed by atoms with van der Waals surface area (Å²) in [6, 6.07) is 7.07. The van der Waals surface area contributed by atoms with E-state index in [-0.39, 0.29) is 12.6 Å². The highest BCUT2D eigenvalue weighted by Crippen LogP contribution is 2.19. The van der Waals surface area contributed by atoms with E-state index in [1.165, 1.54) is 0 Å². The fourth-order valence-corrected chi connectivity index (χ4v) is 2.65. The number of hydrogen-bond donors (Lipinski definition) is 0. The molecule has 1 fully saturated rings. The topological polar surface area (TPSA) is 71.7 Å². The second kappa shape index (κ2) is 8.13. The average molecular weight is 363 g/mol. The van der Waals surface area contributed by atoms with E-state index in [2.05, 4.69) is 16.7 Å². The van der Waals surface area contributed by atoms with E-state index in [9.17, 15) is 4.79 Å². The normalized spacial score (nSPS) is 14.4. The molecule has 2 heterocycles. The molecule has 0 N–H and O–H groups in total. The monoisotopic (exact) mass is 362 g/mol. The van der Waals surface area contributed by atoms with Crippen molar-refractivity contribution in [3.05, 3.63) is 47.8 Å². The van der Waals surface area contributed by atoms with E-state index in [4.69, 9.17) is 20.9 Å². The van der Waals surface area contributed by atoms with Crippen molar-refractivity contribution in [1.29, 1.82) is 0 Å². The molecule has 7 nitrogen and oxygen atoms in total. The van der Waals surface area contributed by atoms with Crippen LogP contribution in [0.4, 0.5) is 4.79 Å². The standard InChI is InChI=1S/C17H19ClN4O3/c1-2-7-22(17(23)21-8-10-24-11-9-21)12-15-19-16(20-25-15)13-3-5-14(18)6-4-13/h2-6H,1,7-12H2. The molecule has 0 radical (unpaired) electrons. The van der Waals surface area contributed by atoms with Gasteiger partial charge in [-0.3, -0.25) is 0 Å². The molecule has 3 rings (SSSR count). The molecule has 132 valence electrons. The Balaban J connectivity index is 1.70. The van der Waals surface area contributed by atoms with Gasteiger partial charge in [-0.25, -0.2) is 4.79 Å². The van der Waals surface area contributed by atoms with Gasteiger partial charge in [-0.2, -0.15) is 4.98 Å². The van der Waals surface area contributed by atoms with Crippen LogP contribution >= 0.6 is 11.6 Å². The molecule has 1 aromatic carbocycles. The number of hydrogen-bond acceptors (Lipinski definition) is 5. The molecule has 0 unspecified atom stereocenters. The summed E-state index contributed by atoms with van der Waals surface area (Å²) in [5, 5.41) is 4.61. The minimum atomic E-state index is -0.0885. The van der Waals surface area contributed by atoms with E-state index in [1.54, 1.807) is 28.0 Å². The number of carbonyl (C=O) groups is 1. The maximum Gasteiger partial charge on any atom is 0.320 e. The molecule has 1 aliphatic rings. The van der Waals surface area contributed by atoms with Gasteiger partial charge in [0.2, 0.25) is 11.7 Å². The van der Waals surface area contributed by atoms with E-state index < -0.39 is 0 Å². The van der Waals surface area contributed by atoms with Gasteiger partial charge in [0.25, 0.3) is 0 Å². The van der Waals surface area contributed by atoms with Crippen LogP contribution in [-0.4, -0.2) is 58.8 Å². The van der Waals surface area contributed by atoms with E-state index in [0.29, 0.717) is 49.6 Å². The largest absolute Gasteiger partial charge is 0.378 e. The highest BCUT2D eigenvalue weighted by molar-refractivity contribution is 6.30. The molecule has 0 saturated carbocycles. The number of benzene rings is 1. The first-order chi connectivity index (χ1) is 12.2. The lowest BCUT2D eigenvalue weighted by atomic mass is 10.2. The van der Waals surface area contributed by atoms with Gasteiger partial charge in [-0.15, -0.1) is 6.58 Å². The fourth-order valence-electron chi connectivity index (χ4n) is 2.52. The third-order valence-electron chi connectivity index (χ3n) is 3.80. The molecule has 1 aliphatic heterocycles. The molecule has 8 heteroatoms. The summed E-state index contributed by atoms with van der Waals surface area (Å²) < 4.78 is 10.6. The molecule has 0 atom stereocenters. The molecule has 1 aromatic heterocycles. The van der Waals surface area contributed by atoms with Crippen molar-refractivity contribution >= 4 is 17.6 Å². The number of carbonyl (C=O) groups excluding carboxylic acids is 1. The zero-order valence-electron chi connectivity index (χ0n) is 13.7. The number of nitrogens with zero attached hydrogens (tertiary/aromatic N) is 4. The lowest BCUT2D eigenvalue weighted by Crippen LogP contribution is -2.48. The van der Waals surface area contributed by atoms with Crippen molar-refractivity contribution < 1.29 is 14.1 Å². The third kappa shape index (κ3) is 4.37. The maximum absolute atomic E-state index is 12.7. The van der Waals surface area contributed by atoms with Gasteiger partial charge in [0.15, 0.2) is 0 Å². The molecule has 0 spiro atoms. The first-order valence-electron chi connectivity index (χ1n) is 7.98. The summed E-state index contributed by atoms with van der Waals surface area (Å²) in [6.07, 6.45) is 1.68. The minimum Gasteiger partial charge on any atom is -0.378 e. The van der Waals surface area contributed by atoms with E-state index >= 15 is 0 Å². The molecule has 0 bridgehead atoms. The van der Waals surface area contributed by atoms with Crippen molar-refractivity contribution in [3.8, 4) is 11.4 Å². The van der Waals surface area contributed by atoms with Crippen LogP contribution in [0.3, 0.4) is 0 Å². The Morgan fingerprint density at radius 1 is 1.32 bits per heavy atom. The van der Waals surface area contributed by atoms with Crippen LogP contribution in [0, 0.1) is 0 Å². The number of amides is 2. The van der Waals surface area contributed by atoms with Gasteiger partial charge >= 0.3 is 6.03 Å². The molecular formula is C17H19ClN4O3. The van der Waals surface area contributed by atoms with Crippen LogP contribution in [0.25, 0.3) is 11.4 Å². The van der Waals surface area contributed by atoms with E-state index in [0.717, 1.165) is 5.56 Å². The third-order valence-corrected chi connectivity index (χ3v) is 4.05. The fraction of sp³-hybridized carbons (Fsp3) is 0.353. The zero-order chi connectivity index (χ0) is 17.6. The summed E-state index contributed by atoms with van der Waals surface area (Å²) in [4.78, 5) is 20.4. The Kier molecular flexibility index (Phi) is 5.67. The van der Waals surface area contributed by atoms with Crippen molar-refractivity contribution in [1.82, 2.24) is 19.9 Å². The zero-order valence-corrected chi connectivity index (χ0v) is 14.5. The summed E-state index contributed by atoms with van der Waals surface area (Å²) >= 11 is 5.89.